The van der Waals surface area contributed by atoms with Gasteiger partial charge in [-0.25, -0.2) is 0 Å². The smallest absolute Gasteiger partial charge is 0.0442 e. The van der Waals surface area contributed by atoms with Gasteiger partial charge in [-0.3, -0.25) is 4.98 Å². The third kappa shape index (κ3) is 3.95. The molecule has 1 atom stereocenters. The first kappa shape index (κ1) is 15.3. The van der Waals surface area contributed by atoms with Gasteiger partial charge in [-0.2, -0.15) is 0 Å². The standard InChI is InChI=1S/C17H29N3/c1-13(2)9-19-11-16-10-18-7-5-17(16)20-8-6-15(12-20)14(3)4/h5,7,10,13-15,19H,6,8-9,11-12H2,1-4H3. The zero-order valence-corrected chi connectivity index (χ0v) is 13.4. The Morgan fingerprint density at radius 2 is 2.15 bits per heavy atom. The Bertz CT molecular complexity index is 414. The zero-order chi connectivity index (χ0) is 14.5. The summed E-state index contributed by atoms with van der Waals surface area (Å²) in [6, 6.07) is 2.18. The van der Waals surface area contributed by atoms with Crippen LogP contribution in [0.1, 0.15) is 39.7 Å². The third-order valence-electron chi connectivity index (χ3n) is 4.25. The van der Waals surface area contributed by atoms with E-state index in [4.69, 9.17) is 0 Å². The van der Waals surface area contributed by atoms with Crippen molar-refractivity contribution in [2.45, 2.75) is 40.7 Å². The molecular weight excluding hydrogens is 246 g/mol. The summed E-state index contributed by atoms with van der Waals surface area (Å²) in [6.45, 7) is 13.5. The van der Waals surface area contributed by atoms with Crippen molar-refractivity contribution in [2.24, 2.45) is 17.8 Å². The largest absolute Gasteiger partial charge is 0.371 e. The molecule has 2 heterocycles. The molecule has 2 rings (SSSR count). The monoisotopic (exact) mass is 275 g/mol. The minimum Gasteiger partial charge on any atom is -0.371 e. The number of aromatic nitrogens is 1. The lowest BCUT2D eigenvalue weighted by Gasteiger charge is -2.23. The molecule has 1 aromatic rings. The van der Waals surface area contributed by atoms with Crippen molar-refractivity contribution in [2.75, 3.05) is 24.5 Å². The van der Waals surface area contributed by atoms with Gasteiger partial charge in [0.2, 0.25) is 0 Å². The molecule has 0 amide bonds. The number of pyridine rings is 1. The van der Waals surface area contributed by atoms with Gasteiger partial charge in [0.1, 0.15) is 0 Å². The summed E-state index contributed by atoms with van der Waals surface area (Å²) in [5.41, 5.74) is 2.71. The van der Waals surface area contributed by atoms with Crippen LogP contribution in [0, 0.1) is 17.8 Å². The number of hydrogen-bond acceptors (Lipinski definition) is 3. The highest BCUT2D eigenvalue weighted by Gasteiger charge is 2.26. The Labute approximate surface area is 123 Å². The van der Waals surface area contributed by atoms with E-state index in [0.717, 1.165) is 24.9 Å². The van der Waals surface area contributed by atoms with Gasteiger partial charge in [0, 0.05) is 43.3 Å². The molecule has 1 aliphatic heterocycles. The lowest BCUT2D eigenvalue weighted by Crippen LogP contribution is -2.25. The number of anilines is 1. The Kier molecular flexibility index (Phi) is 5.41. The van der Waals surface area contributed by atoms with Crippen molar-refractivity contribution >= 4 is 5.69 Å². The van der Waals surface area contributed by atoms with Gasteiger partial charge in [0.05, 0.1) is 0 Å². The Balaban J connectivity index is 2.01. The van der Waals surface area contributed by atoms with E-state index in [0.29, 0.717) is 5.92 Å². The molecule has 112 valence electrons. The van der Waals surface area contributed by atoms with E-state index in [2.05, 4.69) is 49.0 Å². The van der Waals surface area contributed by atoms with Gasteiger partial charge < -0.3 is 10.2 Å². The second-order valence-corrected chi connectivity index (χ2v) is 6.77. The molecule has 0 bridgehead atoms. The summed E-state index contributed by atoms with van der Waals surface area (Å²) >= 11 is 0. The average molecular weight is 275 g/mol. The van der Waals surface area contributed by atoms with E-state index in [1.807, 2.05) is 12.4 Å². The molecule has 1 aliphatic rings. The third-order valence-corrected chi connectivity index (χ3v) is 4.25. The van der Waals surface area contributed by atoms with Gasteiger partial charge in [0.15, 0.2) is 0 Å². The molecule has 3 nitrogen and oxygen atoms in total. The molecule has 1 aromatic heterocycles. The average Bonchev–Trinajstić information content (AvgIpc) is 2.88. The van der Waals surface area contributed by atoms with Crippen LogP contribution in [0.4, 0.5) is 5.69 Å². The van der Waals surface area contributed by atoms with Crippen molar-refractivity contribution in [3.05, 3.63) is 24.0 Å². The minimum atomic E-state index is 0.687. The summed E-state index contributed by atoms with van der Waals surface area (Å²) in [4.78, 5) is 6.84. The van der Waals surface area contributed by atoms with E-state index in [1.54, 1.807) is 0 Å². The topological polar surface area (TPSA) is 28.2 Å². The van der Waals surface area contributed by atoms with E-state index in [1.165, 1.54) is 30.8 Å². The summed E-state index contributed by atoms with van der Waals surface area (Å²) in [7, 11) is 0. The first-order valence-corrected chi connectivity index (χ1v) is 7.96. The number of rotatable bonds is 6. The molecule has 0 aromatic carbocycles. The normalized spacial score (nSPS) is 19.3. The number of nitrogens with zero attached hydrogens (tertiary/aromatic N) is 2. The van der Waals surface area contributed by atoms with Crippen LogP contribution in [0.5, 0.6) is 0 Å². The van der Waals surface area contributed by atoms with Crippen molar-refractivity contribution < 1.29 is 0 Å². The van der Waals surface area contributed by atoms with Crippen LogP contribution in [0.2, 0.25) is 0 Å². The predicted molar refractivity (Wildman–Crippen MR) is 85.9 cm³/mol. The molecule has 1 N–H and O–H groups in total. The maximum atomic E-state index is 4.30. The second-order valence-electron chi connectivity index (χ2n) is 6.77. The first-order chi connectivity index (χ1) is 9.58. The fourth-order valence-corrected chi connectivity index (χ4v) is 2.91. The molecular formula is C17H29N3. The fraction of sp³-hybridized carbons (Fsp3) is 0.706. The van der Waals surface area contributed by atoms with Crippen LogP contribution in [-0.2, 0) is 6.54 Å². The Hall–Kier alpha value is -1.09. The van der Waals surface area contributed by atoms with Crippen LogP contribution in [0.3, 0.4) is 0 Å². The lowest BCUT2D eigenvalue weighted by molar-refractivity contribution is 0.422. The highest BCUT2D eigenvalue weighted by atomic mass is 15.2. The maximum Gasteiger partial charge on any atom is 0.0442 e. The molecule has 0 radical (unpaired) electrons. The lowest BCUT2D eigenvalue weighted by atomic mass is 9.95. The SMILES string of the molecule is CC(C)CNCc1cnccc1N1CCC(C(C)C)C1. The van der Waals surface area contributed by atoms with Crippen LogP contribution >= 0.6 is 0 Å². The summed E-state index contributed by atoms with van der Waals surface area (Å²) < 4.78 is 0. The molecule has 0 saturated carbocycles. The molecule has 0 spiro atoms. The molecule has 3 heteroatoms. The molecule has 1 fully saturated rings. The van der Waals surface area contributed by atoms with Crippen molar-refractivity contribution in [3.63, 3.8) is 0 Å². The summed E-state index contributed by atoms with van der Waals surface area (Å²) in [6.07, 6.45) is 5.26. The van der Waals surface area contributed by atoms with Crippen LogP contribution in [0.25, 0.3) is 0 Å². The summed E-state index contributed by atoms with van der Waals surface area (Å²) in [5, 5.41) is 3.53. The maximum absolute atomic E-state index is 4.30. The molecule has 20 heavy (non-hydrogen) atoms. The predicted octanol–water partition coefficient (Wildman–Crippen LogP) is 3.31. The summed E-state index contributed by atoms with van der Waals surface area (Å²) in [5.74, 6) is 2.30. The van der Waals surface area contributed by atoms with Crippen molar-refractivity contribution in [1.82, 2.24) is 10.3 Å². The van der Waals surface area contributed by atoms with Crippen molar-refractivity contribution in [1.29, 1.82) is 0 Å². The number of hydrogen-bond donors (Lipinski definition) is 1. The van der Waals surface area contributed by atoms with E-state index < -0.39 is 0 Å². The zero-order valence-electron chi connectivity index (χ0n) is 13.4. The Morgan fingerprint density at radius 3 is 2.80 bits per heavy atom. The molecule has 1 unspecified atom stereocenters. The second kappa shape index (κ2) is 7.07. The van der Waals surface area contributed by atoms with Gasteiger partial charge in [0.25, 0.3) is 0 Å². The Morgan fingerprint density at radius 1 is 1.35 bits per heavy atom. The van der Waals surface area contributed by atoms with Crippen LogP contribution in [0.15, 0.2) is 18.5 Å². The van der Waals surface area contributed by atoms with Gasteiger partial charge in [-0.1, -0.05) is 27.7 Å². The number of nitrogens with one attached hydrogen (secondary N) is 1. The van der Waals surface area contributed by atoms with Gasteiger partial charge in [-0.15, -0.1) is 0 Å². The fourth-order valence-electron chi connectivity index (χ4n) is 2.91. The van der Waals surface area contributed by atoms with E-state index >= 15 is 0 Å². The van der Waals surface area contributed by atoms with Gasteiger partial charge >= 0.3 is 0 Å². The molecule has 0 aliphatic carbocycles. The van der Waals surface area contributed by atoms with Crippen LogP contribution < -0.4 is 10.2 Å². The van der Waals surface area contributed by atoms with E-state index in [9.17, 15) is 0 Å². The molecule has 1 saturated heterocycles. The van der Waals surface area contributed by atoms with E-state index in [-0.39, 0.29) is 0 Å². The van der Waals surface area contributed by atoms with Crippen molar-refractivity contribution in [3.8, 4) is 0 Å². The van der Waals surface area contributed by atoms with Crippen LogP contribution in [-0.4, -0.2) is 24.6 Å². The van der Waals surface area contributed by atoms with Gasteiger partial charge in [-0.05, 0) is 36.8 Å². The first-order valence-electron chi connectivity index (χ1n) is 7.96. The minimum absolute atomic E-state index is 0.687. The highest BCUT2D eigenvalue weighted by molar-refractivity contribution is 5.53. The quantitative estimate of drug-likeness (QED) is 0.863. The highest BCUT2D eigenvalue weighted by Crippen LogP contribution is 2.29.